The standard InChI is InChI=1S/C17H21ClN2OS/c1-2-22(21)14-5-3-4-13(11-14)20-17-8-9-19-16-7-6-12(18)10-15(16)17/h6-10,13-14H,2-5,11H2,1H3,(H,19,20). The predicted molar refractivity (Wildman–Crippen MR) is 95.1 cm³/mol. The van der Waals surface area contributed by atoms with E-state index >= 15 is 0 Å². The van der Waals surface area contributed by atoms with Crippen molar-refractivity contribution >= 4 is 39.0 Å². The normalized spacial score (nSPS) is 23.4. The molecule has 3 rings (SSSR count). The molecule has 22 heavy (non-hydrogen) atoms. The largest absolute Gasteiger partial charge is 0.382 e. The molecule has 1 aromatic heterocycles. The van der Waals surface area contributed by atoms with Crippen LogP contribution in [0.1, 0.15) is 32.6 Å². The lowest BCUT2D eigenvalue weighted by Gasteiger charge is -2.30. The minimum absolute atomic E-state index is 0.327. The number of nitrogens with zero attached hydrogens (tertiary/aromatic N) is 1. The summed E-state index contributed by atoms with van der Waals surface area (Å²) in [5.41, 5.74) is 2.01. The van der Waals surface area contributed by atoms with Gasteiger partial charge in [-0.15, -0.1) is 0 Å². The number of aromatic nitrogens is 1. The zero-order valence-electron chi connectivity index (χ0n) is 12.7. The summed E-state index contributed by atoms with van der Waals surface area (Å²) in [5.74, 6) is 0.755. The van der Waals surface area contributed by atoms with Gasteiger partial charge >= 0.3 is 0 Å². The molecule has 0 amide bonds. The van der Waals surface area contributed by atoms with Crippen LogP contribution in [0.4, 0.5) is 5.69 Å². The van der Waals surface area contributed by atoms with Gasteiger partial charge in [-0.05, 0) is 43.5 Å². The molecule has 0 spiro atoms. The van der Waals surface area contributed by atoms with E-state index in [0.717, 1.165) is 53.0 Å². The Morgan fingerprint density at radius 3 is 3.05 bits per heavy atom. The molecular formula is C17H21ClN2OS. The summed E-state index contributed by atoms with van der Waals surface area (Å²) >= 11 is 6.12. The van der Waals surface area contributed by atoms with Gasteiger partial charge in [0, 0.05) is 50.1 Å². The molecule has 1 fully saturated rings. The van der Waals surface area contributed by atoms with Crippen molar-refractivity contribution in [1.29, 1.82) is 0 Å². The predicted octanol–water partition coefficient (Wildman–Crippen LogP) is 4.38. The van der Waals surface area contributed by atoms with Gasteiger partial charge in [0.25, 0.3) is 0 Å². The highest BCUT2D eigenvalue weighted by Crippen LogP contribution is 2.29. The highest BCUT2D eigenvalue weighted by Gasteiger charge is 2.25. The molecule has 1 N–H and O–H groups in total. The van der Waals surface area contributed by atoms with Crippen LogP contribution in [-0.2, 0) is 10.8 Å². The first-order chi connectivity index (χ1) is 10.7. The first-order valence-electron chi connectivity index (χ1n) is 7.85. The smallest absolute Gasteiger partial charge is 0.0723 e. The van der Waals surface area contributed by atoms with E-state index < -0.39 is 10.8 Å². The molecule has 1 aliphatic rings. The third-order valence-corrected chi connectivity index (χ3v) is 6.32. The lowest BCUT2D eigenvalue weighted by Crippen LogP contribution is -2.33. The summed E-state index contributed by atoms with van der Waals surface area (Å²) in [6.07, 6.45) is 6.15. The van der Waals surface area contributed by atoms with Crippen LogP contribution in [0.5, 0.6) is 0 Å². The quantitative estimate of drug-likeness (QED) is 0.900. The van der Waals surface area contributed by atoms with Crippen molar-refractivity contribution in [2.24, 2.45) is 0 Å². The Hall–Kier alpha value is -1.13. The lowest BCUT2D eigenvalue weighted by molar-refractivity contribution is 0.465. The molecule has 3 atom stereocenters. The maximum Gasteiger partial charge on any atom is 0.0723 e. The van der Waals surface area contributed by atoms with Gasteiger partial charge in [0.2, 0.25) is 0 Å². The van der Waals surface area contributed by atoms with E-state index in [-0.39, 0.29) is 0 Å². The number of hydrogen-bond donors (Lipinski definition) is 1. The van der Waals surface area contributed by atoms with Gasteiger partial charge in [0.1, 0.15) is 0 Å². The number of anilines is 1. The molecule has 3 unspecified atom stereocenters. The van der Waals surface area contributed by atoms with Crippen LogP contribution in [0.3, 0.4) is 0 Å². The minimum Gasteiger partial charge on any atom is -0.382 e. The highest BCUT2D eigenvalue weighted by molar-refractivity contribution is 7.85. The third kappa shape index (κ3) is 3.44. The number of fused-ring (bicyclic) bond motifs is 1. The lowest BCUT2D eigenvalue weighted by atomic mass is 9.94. The number of halogens is 1. The van der Waals surface area contributed by atoms with Gasteiger partial charge in [0.05, 0.1) is 5.52 Å². The van der Waals surface area contributed by atoms with Crippen LogP contribution in [-0.4, -0.2) is 26.2 Å². The molecule has 0 saturated heterocycles. The second-order valence-electron chi connectivity index (χ2n) is 5.82. The van der Waals surface area contributed by atoms with Crippen molar-refractivity contribution in [2.45, 2.75) is 43.9 Å². The van der Waals surface area contributed by atoms with E-state index in [9.17, 15) is 4.21 Å². The second kappa shape index (κ2) is 6.97. The van der Waals surface area contributed by atoms with Crippen molar-refractivity contribution < 1.29 is 4.21 Å². The van der Waals surface area contributed by atoms with E-state index in [1.54, 1.807) is 0 Å². The average molecular weight is 337 g/mol. The summed E-state index contributed by atoms with van der Waals surface area (Å²) in [6, 6.07) is 8.13. The van der Waals surface area contributed by atoms with Crippen LogP contribution < -0.4 is 5.32 Å². The molecule has 0 radical (unpaired) electrons. The van der Waals surface area contributed by atoms with Crippen LogP contribution in [0.15, 0.2) is 30.5 Å². The number of pyridine rings is 1. The molecule has 2 aromatic rings. The molecule has 1 saturated carbocycles. The van der Waals surface area contributed by atoms with Crippen molar-refractivity contribution in [2.75, 3.05) is 11.1 Å². The summed E-state index contributed by atoms with van der Waals surface area (Å²) < 4.78 is 12.1. The Morgan fingerprint density at radius 2 is 2.23 bits per heavy atom. The van der Waals surface area contributed by atoms with Crippen LogP contribution >= 0.6 is 11.6 Å². The van der Waals surface area contributed by atoms with Crippen molar-refractivity contribution in [3.05, 3.63) is 35.5 Å². The van der Waals surface area contributed by atoms with E-state index in [4.69, 9.17) is 11.6 Å². The summed E-state index contributed by atoms with van der Waals surface area (Å²) in [7, 11) is -0.696. The van der Waals surface area contributed by atoms with Gasteiger partial charge in [0.15, 0.2) is 0 Å². The Bertz CT molecular complexity index is 691. The van der Waals surface area contributed by atoms with Crippen molar-refractivity contribution in [3.8, 4) is 0 Å². The molecule has 1 aromatic carbocycles. The van der Waals surface area contributed by atoms with Crippen LogP contribution in [0, 0.1) is 0 Å². The number of hydrogen-bond acceptors (Lipinski definition) is 3. The summed E-state index contributed by atoms with van der Waals surface area (Å²) in [5, 5.41) is 5.72. The fourth-order valence-electron chi connectivity index (χ4n) is 3.21. The Morgan fingerprint density at radius 1 is 1.36 bits per heavy atom. The first-order valence-corrected chi connectivity index (χ1v) is 9.61. The third-order valence-electron chi connectivity index (χ3n) is 4.35. The number of rotatable bonds is 4. The topological polar surface area (TPSA) is 42.0 Å². The molecule has 1 heterocycles. The molecule has 1 aliphatic carbocycles. The summed E-state index contributed by atoms with van der Waals surface area (Å²) in [6.45, 7) is 2.01. The fourth-order valence-corrected chi connectivity index (χ4v) is 4.73. The van der Waals surface area contributed by atoms with Gasteiger partial charge in [-0.2, -0.15) is 0 Å². The van der Waals surface area contributed by atoms with Gasteiger partial charge < -0.3 is 5.32 Å². The SMILES string of the molecule is CCS(=O)C1CCCC(Nc2ccnc3ccc(Cl)cc23)C1. The maximum atomic E-state index is 12.1. The number of nitrogens with one attached hydrogen (secondary N) is 1. The minimum atomic E-state index is -0.696. The van der Waals surface area contributed by atoms with E-state index in [2.05, 4.69) is 10.3 Å². The zero-order chi connectivity index (χ0) is 15.5. The van der Waals surface area contributed by atoms with Gasteiger partial charge in [-0.25, -0.2) is 0 Å². The Balaban J connectivity index is 1.81. The molecular weight excluding hydrogens is 316 g/mol. The maximum absolute atomic E-state index is 12.1. The van der Waals surface area contributed by atoms with E-state index in [1.165, 1.54) is 0 Å². The van der Waals surface area contributed by atoms with Crippen molar-refractivity contribution in [3.63, 3.8) is 0 Å². The average Bonchev–Trinajstić information content (AvgIpc) is 2.55. The van der Waals surface area contributed by atoms with Crippen LogP contribution in [0.2, 0.25) is 5.02 Å². The van der Waals surface area contributed by atoms with Crippen LogP contribution in [0.25, 0.3) is 10.9 Å². The number of benzene rings is 1. The molecule has 5 heteroatoms. The van der Waals surface area contributed by atoms with Gasteiger partial charge in [-0.1, -0.05) is 24.9 Å². The summed E-state index contributed by atoms with van der Waals surface area (Å²) in [4.78, 5) is 4.39. The molecule has 118 valence electrons. The second-order valence-corrected chi connectivity index (χ2v) is 8.26. The van der Waals surface area contributed by atoms with Gasteiger partial charge in [-0.3, -0.25) is 9.19 Å². The monoisotopic (exact) mass is 336 g/mol. The first kappa shape index (κ1) is 15.8. The Labute approximate surface area is 138 Å². The fraction of sp³-hybridized carbons (Fsp3) is 0.471. The molecule has 0 bridgehead atoms. The van der Waals surface area contributed by atoms with E-state index in [1.807, 2.05) is 37.4 Å². The molecule has 3 nitrogen and oxygen atoms in total. The Kier molecular flexibility index (Phi) is 4.99. The highest BCUT2D eigenvalue weighted by atomic mass is 35.5. The van der Waals surface area contributed by atoms with Crippen molar-refractivity contribution in [1.82, 2.24) is 4.98 Å². The zero-order valence-corrected chi connectivity index (χ0v) is 14.3. The van der Waals surface area contributed by atoms with E-state index in [0.29, 0.717) is 11.3 Å². The molecule has 0 aliphatic heterocycles.